The van der Waals surface area contributed by atoms with E-state index >= 15 is 0 Å². The van der Waals surface area contributed by atoms with Gasteiger partial charge in [-0.15, -0.1) is 0 Å². The first-order valence-corrected chi connectivity index (χ1v) is 7.85. The Labute approximate surface area is 126 Å². The Morgan fingerprint density at radius 1 is 0.789 bits per heavy atom. The molecule has 0 bridgehead atoms. The molecule has 2 nitrogen and oxygen atoms in total. The summed E-state index contributed by atoms with van der Waals surface area (Å²) >= 11 is -0.0800. The molecule has 0 amide bonds. The fourth-order valence-corrected chi connectivity index (χ4v) is 5.75. The van der Waals surface area contributed by atoms with Gasteiger partial charge in [-0.1, -0.05) is 0 Å². The van der Waals surface area contributed by atoms with Crippen LogP contribution in [0.1, 0.15) is 27.7 Å². The summed E-state index contributed by atoms with van der Waals surface area (Å²) in [5.74, 6) is 0. The van der Waals surface area contributed by atoms with Gasteiger partial charge in [0, 0.05) is 0 Å². The van der Waals surface area contributed by atoms with Crippen molar-refractivity contribution in [2.24, 2.45) is 0 Å². The van der Waals surface area contributed by atoms with Gasteiger partial charge in [-0.2, -0.15) is 14.2 Å². The predicted molar refractivity (Wildman–Crippen MR) is 74.4 cm³/mol. The molecule has 0 aliphatic heterocycles. The van der Waals surface area contributed by atoms with Gasteiger partial charge in [0.15, 0.2) is 0 Å². The van der Waals surface area contributed by atoms with Crippen LogP contribution in [0.2, 0.25) is 7.44 Å². The smallest absolute Gasteiger partial charge is 0.153 e. The molecule has 2 rings (SSSR count). The van der Waals surface area contributed by atoms with Crippen LogP contribution in [-0.2, 0) is 19.2 Å². The van der Waals surface area contributed by atoms with Gasteiger partial charge in [0.05, 0.1) is 0 Å². The molecule has 2 aliphatic carbocycles. The summed E-state index contributed by atoms with van der Waals surface area (Å²) in [6.07, 6.45) is 14.2. The molecule has 0 saturated heterocycles. The van der Waals surface area contributed by atoms with Crippen molar-refractivity contribution < 1.29 is 29.4 Å². The van der Waals surface area contributed by atoms with E-state index in [1.807, 2.05) is 0 Å². The molecule has 3 heteroatoms. The maximum atomic E-state index is 8.25. The molecule has 0 aromatic rings. The number of hydrogen-bond donors (Lipinski definition) is 0. The third kappa shape index (κ3) is 5.62. The molecule has 2 unspecified atom stereocenters. The van der Waals surface area contributed by atoms with Gasteiger partial charge in [0.25, 0.3) is 0 Å². The predicted octanol–water partition coefficient (Wildman–Crippen LogP) is 2.41. The molecule has 0 radical (unpaired) electrons. The van der Waals surface area contributed by atoms with Crippen LogP contribution in [0.4, 0.5) is 0 Å². The van der Waals surface area contributed by atoms with Gasteiger partial charge in [-0.05, 0) is 0 Å². The number of allylic oxidation sites excluding steroid dienone is 8. The second kappa shape index (κ2) is 8.01. The quantitative estimate of drug-likeness (QED) is 0.735. The molecule has 0 spiro atoms. The molecule has 0 fully saturated rings. The molecular weight excluding hydrogens is 272 g/mol. The van der Waals surface area contributed by atoms with Gasteiger partial charge < -0.3 is 10.2 Å². The van der Waals surface area contributed by atoms with Gasteiger partial charge in [0.2, 0.25) is 0 Å². The first kappa shape index (κ1) is 18.6. The topological polar surface area (TPSA) is 46.1 Å². The van der Waals surface area contributed by atoms with Gasteiger partial charge in [-0.3, -0.25) is 0 Å². The van der Waals surface area contributed by atoms with Crippen LogP contribution in [0.5, 0.6) is 0 Å². The van der Waals surface area contributed by atoms with Crippen molar-refractivity contribution in [3.63, 3.8) is 0 Å². The minimum atomic E-state index is -0.0800. The largest absolute Gasteiger partial charge is 0.857 e. The van der Waals surface area contributed by atoms with E-state index in [4.69, 9.17) is 10.2 Å². The molecule has 2 atom stereocenters. The van der Waals surface area contributed by atoms with Crippen molar-refractivity contribution in [2.45, 2.75) is 35.1 Å². The zero-order valence-electron chi connectivity index (χ0n) is 12.8. The Hall–Kier alpha value is -0.406. The Kier molecular flexibility index (Phi) is 7.84. The van der Waals surface area contributed by atoms with E-state index in [0.29, 0.717) is 7.44 Å². The number of rotatable bonds is 2. The average Bonchev–Trinajstić information content (AvgIpc) is 2.87. The summed E-state index contributed by atoms with van der Waals surface area (Å²) < 4.78 is 0.731. The van der Waals surface area contributed by atoms with E-state index in [0.717, 1.165) is 14.2 Å². The van der Waals surface area contributed by atoms with Gasteiger partial charge >= 0.3 is 102 Å². The van der Waals surface area contributed by atoms with Gasteiger partial charge in [0.1, 0.15) is 0 Å². The van der Waals surface area contributed by atoms with E-state index in [1.165, 1.54) is 11.1 Å². The van der Waals surface area contributed by atoms with Crippen LogP contribution < -0.4 is 10.2 Å². The van der Waals surface area contributed by atoms with E-state index in [9.17, 15) is 0 Å². The first-order chi connectivity index (χ1) is 8.91. The van der Waals surface area contributed by atoms with Crippen LogP contribution in [0.25, 0.3) is 0 Å². The van der Waals surface area contributed by atoms with E-state index in [2.05, 4.69) is 64.2 Å². The fraction of sp³-hybridized carbons (Fsp3) is 0.500. The molecular formula is C16H24O2Ti. The van der Waals surface area contributed by atoms with E-state index in [1.54, 1.807) is 0 Å². The Morgan fingerprint density at radius 2 is 1.11 bits per heavy atom. The van der Waals surface area contributed by atoms with Crippen molar-refractivity contribution in [1.82, 2.24) is 0 Å². The van der Waals surface area contributed by atoms with E-state index < -0.39 is 0 Å². The summed E-state index contributed by atoms with van der Waals surface area (Å²) in [4.78, 5) is 0. The third-order valence-corrected chi connectivity index (χ3v) is 5.63. The van der Waals surface area contributed by atoms with Crippen LogP contribution in [0.15, 0.2) is 47.6 Å². The Balaban J connectivity index is 0.000000741. The summed E-state index contributed by atoms with van der Waals surface area (Å²) in [6.45, 7) is 9.14. The zero-order chi connectivity index (χ0) is 15.1. The third-order valence-electron chi connectivity index (χ3n) is 2.98. The minimum absolute atomic E-state index is 0.0800. The summed E-state index contributed by atoms with van der Waals surface area (Å²) in [5, 5.41) is 16.5. The average molecular weight is 296 g/mol. The monoisotopic (exact) mass is 296 g/mol. The minimum Gasteiger partial charge on any atom is -0.857 e. The fourth-order valence-electron chi connectivity index (χ4n) is 2.48. The normalized spacial score (nSPS) is 30.5. The molecule has 0 N–H and O–H groups in total. The van der Waals surface area contributed by atoms with Crippen molar-refractivity contribution in [3.8, 4) is 0 Å². The van der Waals surface area contributed by atoms with Crippen molar-refractivity contribution >= 4 is 0 Å². The molecule has 19 heavy (non-hydrogen) atoms. The summed E-state index contributed by atoms with van der Waals surface area (Å²) in [5.41, 5.74) is 2.85. The van der Waals surface area contributed by atoms with Crippen molar-refractivity contribution in [3.05, 3.63) is 47.6 Å². The maximum absolute atomic E-state index is 8.25. The van der Waals surface area contributed by atoms with Crippen LogP contribution in [0, 0.1) is 0 Å². The molecule has 0 aromatic heterocycles. The standard InChI is InChI=1S/2C7H9.2CH3O.Ti/c2*1-6-3-4-7(2)5-6;2*1-2;/h2*3-5H,1-2H3;2*1H3;/q;;2*-1;+2. The molecule has 104 valence electrons. The van der Waals surface area contributed by atoms with Crippen LogP contribution in [0.3, 0.4) is 0 Å². The molecule has 2 aliphatic rings. The molecule has 0 heterocycles. The molecule has 0 aromatic carbocycles. The summed E-state index contributed by atoms with van der Waals surface area (Å²) in [7, 11) is 1.50. The zero-order valence-corrected chi connectivity index (χ0v) is 14.3. The first-order valence-electron chi connectivity index (χ1n) is 6.29. The second-order valence-electron chi connectivity index (χ2n) is 5.13. The second-order valence-corrected chi connectivity index (χ2v) is 8.89. The van der Waals surface area contributed by atoms with Gasteiger partial charge in [-0.25, -0.2) is 0 Å². The number of hydrogen-bond acceptors (Lipinski definition) is 2. The molecule has 0 saturated carbocycles. The van der Waals surface area contributed by atoms with Crippen LogP contribution >= 0.6 is 0 Å². The van der Waals surface area contributed by atoms with Crippen molar-refractivity contribution in [2.75, 3.05) is 14.2 Å². The Morgan fingerprint density at radius 3 is 1.32 bits per heavy atom. The SMILES string of the molecule is CC1=C[C](C)([Ti+2][C]2(C)C=CC(C)=C2)C=C1.C[O-].C[O-]. The maximum Gasteiger partial charge on any atom is -0.153 e. The Bertz CT molecular complexity index is 369. The summed E-state index contributed by atoms with van der Waals surface area (Å²) in [6, 6.07) is 0. The van der Waals surface area contributed by atoms with E-state index in [-0.39, 0.29) is 19.2 Å². The van der Waals surface area contributed by atoms with Crippen molar-refractivity contribution in [1.29, 1.82) is 0 Å². The van der Waals surface area contributed by atoms with Crippen LogP contribution in [-0.4, -0.2) is 14.2 Å².